The molecule has 0 radical (unpaired) electrons. The van der Waals surface area contributed by atoms with E-state index >= 15 is 0 Å². The Morgan fingerprint density at radius 3 is 2.41 bits per heavy atom. The van der Waals surface area contributed by atoms with Crippen molar-refractivity contribution in [3.05, 3.63) is 59.5 Å². The lowest BCUT2D eigenvalue weighted by Gasteiger charge is -2.41. The predicted molar refractivity (Wildman–Crippen MR) is 117 cm³/mol. The van der Waals surface area contributed by atoms with Crippen LogP contribution < -0.4 is 16.0 Å². The van der Waals surface area contributed by atoms with Gasteiger partial charge in [-0.15, -0.1) is 0 Å². The Morgan fingerprint density at radius 1 is 1.07 bits per heavy atom. The molecule has 1 aliphatic heterocycles. The van der Waals surface area contributed by atoms with Crippen molar-refractivity contribution >= 4 is 5.96 Å². The number of nitrogens with zero attached hydrogens (tertiary/aromatic N) is 1. The molecular formula is C23H34N4O2. The third kappa shape index (κ3) is 5.84. The maximum atomic E-state index is 5.73. The molecule has 3 N–H and O–H groups in total. The standard InChI is InChI=1S/C23H34N4O2/c1-17-10-11-21(29-17)19(3)26-22(24-4)25-16-23(12-14-28-15-13-23)27-18(2)20-8-6-5-7-9-20/h5-11,18-19,27H,12-16H2,1-4H3,(H2,24,25,26). The van der Waals surface area contributed by atoms with Gasteiger partial charge in [0.25, 0.3) is 0 Å². The summed E-state index contributed by atoms with van der Waals surface area (Å²) in [7, 11) is 1.80. The van der Waals surface area contributed by atoms with E-state index in [1.807, 2.05) is 19.1 Å². The summed E-state index contributed by atoms with van der Waals surface area (Å²) in [5.41, 5.74) is 1.25. The van der Waals surface area contributed by atoms with Gasteiger partial charge in [-0.05, 0) is 51.3 Å². The molecule has 158 valence electrons. The monoisotopic (exact) mass is 398 g/mol. The molecule has 0 amide bonds. The number of aryl methyl sites for hydroxylation is 1. The van der Waals surface area contributed by atoms with Gasteiger partial charge < -0.3 is 25.1 Å². The van der Waals surface area contributed by atoms with Crippen LogP contribution in [-0.2, 0) is 4.74 Å². The molecule has 1 saturated heterocycles. The van der Waals surface area contributed by atoms with Gasteiger partial charge in [-0.2, -0.15) is 0 Å². The Morgan fingerprint density at radius 2 is 1.79 bits per heavy atom. The molecule has 2 atom stereocenters. The second-order valence-corrected chi connectivity index (χ2v) is 7.91. The lowest BCUT2D eigenvalue weighted by Crippen LogP contribution is -2.58. The van der Waals surface area contributed by atoms with Crippen molar-refractivity contribution in [1.82, 2.24) is 16.0 Å². The predicted octanol–water partition coefficient (Wildman–Crippen LogP) is 3.71. The molecule has 2 unspecified atom stereocenters. The van der Waals surface area contributed by atoms with Crippen LogP contribution in [-0.4, -0.2) is 38.3 Å². The highest BCUT2D eigenvalue weighted by molar-refractivity contribution is 5.80. The van der Waals surface area contributed by atoms with Crippen molar-refractivity contribution in [3.63, 3.8) is 0 Å². The summed E-state index contributed by atoms with van der Waals surface area (Å²) in [5.74, 6) is 2.59. The molecule has 6 nitrogen and oxygen atoms in total. The number of ether oxygens (including phenoxy) is 1. The van der Waals surface area contributed by atoms with Crippen LogP contribution >= 0.6 is 0 Å². The third-order valence-corrected chi connectivity index (χ3v) is 5.63. The molecule has 1 aromatic heterocycles. The number of hydrogen-bond donors (Lipinski definition) is 3. The molecule has 1 aromatic carbocycles. The highest BCUT2D eigenvalue weighted by Gasteiger charge is 2.34. The van der Waals surface area contributed by atoms with Crippen LogP contribution in [0.3, 0.4) is 0 Å². The lowest BCUT2D eigenvalue weighted by atomic mass is 9.88. The topological polar surface area (TPSA) is 70.8 Å². The number of nitrogens with one attached hydrogen (secondary N) is 3. The summed E-state index contributed by atoms with van der Waals surface area (Å²) < 4.78 is 11.4. The van der Waals surface area contributed by atoms with E-state index in [9.17, 15) is 0 Å². The molecule has 29 heavy (non-hydrogen) atoms. The lowest BCUT2D eigenvalue weighted by molar-refractivity contribution is 0.0354. The van der Waals surface area contributed by atoms with Gasteiger partial charge in [-0.25, -0.2) is 0 Å². The summed E-state index contributed by atoms with van der Waals surface area (Å²) in [6.45, 7) is 8.56. The first kappa shape index (κ1) is 21.4. The van der Waals surface area contributed by atoms with E-state index in [0.717, 1.165) is 50.1 Å². The summed E-state index contributed by atoms with van der Waals surface area (Å²) in [4.78, 5) is 4.41. The normalized spacial score (nSPS) is 18.8. The molecule has 0 aliphatic carbocycles. The van der Waals surface area contributed by atoms with Crippen molar-refractivity contribution in [2.45, 2.75) is 51.2 Å². The molecule has 0 spiro atoms. The largest absolute Gasteiger partial charge is 0.464 e. The highest BCUT2D eigenvalue weighted by Crippen LogP contribution is 2.25. The number of furan rings is 1. The van der Waals surface area contributed by atoms with Gasteiger partial charge in [-0.1, -0.05) is 30.3 Å². The maximum Gasteiger partial charge on any atom is 0.191 e. The van der Waals surface area contributed by atoms with Gasteiger partial charge >= 0.3 is 0 Å². The number of hydrogen-bond acceptors (Lipinski definition) is 4. The van der Waals surface area contributed by atoms with Gasteiger partial charge in [0.2, 0.25) is 0 Å². The zero-order chi connectivity index (χ0) is 20.7. The average molecular weight is 399 g/mol. The minimum atomic E-state index is -0.0460. The van der Waals surface area contributed by atoms with Crippen LogP contribution in [0.25, 0.3) is 0 Å². The van der Waals surface area contributed by atoms with Crippen molar-refractivity contribution in [2.24, 2.45) is 4.99 Å². The maximum absolute atomic E-state index is 5.73. The molecule has 1 fully saturated rings. The van der Waals surface area contributed by atoms with E-state index in [0.29, 0.717) is 0 Å². The molecule has 1 aliphatic rings. The van der Waals surface area contributed by atoms with Crippen molar-refractivity contribution < 1.29 is 9.15 Å². The SMILES string of the molecule is CN=C(NCC1(NC(C)c2ccccc2)CCOCC1)NC(C)c1ccc(C)o1. The molecule has 0 saturated carbocycles. The number of aliphatic imine (C=N–C) groups is 1. The second-order valence-electron chi connectivity index (χ2n) is 7.91. The van der Waals surface area contributed by atoms with Crippen LogP contribution in [0, 0.1) is 6.92 Å². The van der Waals surface area contributed by atoms with Gasteiger partial charge in [0.05, 0.1) is 6.04 Å². The Labute approximate surface area is 174 Å². The first-order valence-electron chi connectivity index (χ1n) is 10.5. The Bertz CT molecular complexity index is 781. The Kier molecular flexibility index (Phi) is 7.34. The third-order valence-electron chi connectivity index (χ3n) is 5.63. The molecule has 6 heteroatoms. The van der Waals surface area contributed by atoms with Crippen LogP contribution in [0.4, 0.5) is 0 Å². The molecule has 2 aromatic rings. The fourth-order valence-corrected chi connectivity index (χ4v) is 3.83. The van der Waals surface area contributed by atoms with E-state index in [1.165, 1.54) is 5.56 Å². The van der Waals surface area contributed by atoms with Gasteiger partial charge in [-0.3, -0.25) is 4.99 Å². The first-order valence-corrected chi connectivity index (χ1v) is 10.5. The fourth-order valence-electron chi connectivity index (χ4n) is 3.83. The van der Waals surface area contributed by atoms with E-state index < -0.39 is 0 Å². The van der Waals surface area contributed by atoms with Gasteiger partial charge in [0, 0.05) is 38.4 Å². The first-order chi connectivity index (χ1) is 14.0. The minimum Gasteiger partial charge on any atom is -0.464 e. The smallest absolute Gasteiger partial charge is 0.191 e. The summed E-state index contributed by atoms with van der Waals surface area (Å²) >= 11 is 0. The Balaban J connectivity index is 1.63. The number of guanidine groups is 1. The highest BCUT2D eigenvalue weighted by atomic mass is 16.5. The second kappa shape index (κ2) is 9.94. The number of rotatable bonds is 7. The van der Waals surface area contributed by atoms with Crippen molar-refractivity contribution in [2.75, 3.05) is 26.8 Å². The van der Waals surface area contributed by atoms with Crippen molar-refractivity contribution in [1.29, 1.82) is 0 Å². The minimum absolute atomic E-state index is 0.0386. The molecular weight excluding hydrogens is 364 g/mol. The molecule has 2 heterocycles. The van der Waals surface area contributed by atoms with Crippen LogP contribution in [0.15, 0.2) is 51.9 Å². The summed E-state index contributed by atoms with van der Waals surface area (Å²) in [5, 5.41) is 10.8. The van der Waals surface area contributed by atoms with Crippen molar-refractivity contribution in [3.8, 4) is 0 Å². The van der Waals surface area contributed by atoms with E-state index in [2.05, 4.69) is 65.1 Å². The fraction of sp³-hybridized carbons (Fsp3) is 0.522. The molecule has 0 bridgehead atoms. The quantitative estimate of drug-likeness (QED) is 0.490. The Hall–Kier alpha value is -2.31. The summed E-state index contributed by atoms with van der Waals surface area (Å²) in [6.07, 6.45) is 1.92. The van der Waals surface area contributed by atoms with E-state index in [1.54, 1.807) is 7.05 Å². The zero-order valence-corrected chi connectivity index (χ0v) is 18.0. The van der Waals surface area contributed by atoms with Crippen LogP contribution in [0.5, 0.6) is 0 Å². The number of benzene rings is 1. The zero-order valence-electron chi connectivity index (χ0n) is 18.0. The van der Waals surface area contributed by atoms with Gasteiger partial charge in [0.1, 0.15) is 11.5 Å². The summed E-state index contributed by atoms with van der Waals surface area (Å²) in [6, 6.07) is 14.9. The van der Waals surface area contributed by atoms with E-state index in [4.69, 9.17) is 9.15 Å². The molecule has 3 rings (SSSR count). The van der Waals surface area contributed by atoms with Crippen LogP contribution in [0.1, 0.15) is 55.9 Å². The van der Waals surface area contributed by atoms with Gasteiger partial charge in [0.15, 0.2) is 5.96 Å². The average Bonchev–Trinajstić information content (AvgIpc) is 3.19. The van der Waals surface area contributed by atoms with Crippen LogP contribution in [0.2, 0.25) is 0 Å². The van der Waals surface area contributed by atoms with E-state index in [-0.39, 0.29) is 17.6 Å².